The zero-order chi connectivity index (χ0) is 26.1. The highest BCUT2D eigenvalue weighted by Crippen LogP contribution is 2.56. The molecule has 3 fully saturated rings. The first kappa shape index (κ1) is 26.2. The van der Waals surface area contributed by atoms with Gasteiger partial charge in [0.25, 0.3) is 11.8 Å². The van der Waals surface area contributed by atoms with E-state index < -0.39 is 23.5 Å². The number of hydrazine groups is 1. The van der Waals surface area contributed by atoms with Crippen LogP contribution in [0.3, 0.4) is 0 Å². The first-order chi connectivity index (χ1) is 17.1. The minimum Gasteiger partial charge on any atom is -0.396 e. The third kappa shape index (κ3) is 5.30. The van der Waals surface area contributed by atoms with E-state index in [-0.39, 0.29) is 46.2 Å². The largest absolute Gasteiger partial charge is 0.396 e. The molecule has 3 saturated carbocycles. The smallest absolute Gasteiger partial charge is 0.270 e. The Balaban J connectivity index is 1.45. The normalized spacial score (nSPS) is 26.8. The van der Waals surface area contributed by atoms with Gasteiger partial charge in [0, 0.05) is 25.8 Å². The maximum absolute atomic E-state index is 14.2. The summed E-state index contributed by atoms with van der Waals surface area (Å²) in [6, 6.07) is 4.04. The molecule has 3 aliphatic carbocycles. The number of amides is 2. The Labute approximate surface area is 213 Å². The Morgan fingerprint density at radius 3 is 2.36 bits per heavy atom. The van der Waals surface area contributed by atoms with Crippen LogP contribution in [0.1, 0.15) is 51.0 Å². The van der Waals surface area contributed by atoms with E-state index in [9.17, 15) is 23.5 Å². The lowest BCUT2D eigenvalue weighted by Gasteiger charge is -2.53. The Kier molecular flexibility index (Phi) is 7.49. The zero-order valence-electron chi connectivity index (χ0n) is 20.0. The van der Waals surface area contributed by atoms with Crippen molar-refractivity contribution < 1.29 is 23.5 Å². The fourth-order valence-electron chi connectivity index (χ4n) is 5.17. The van der Waals surface area contributed by atoms with Gasteiger partial charge in [-0.1, -0.05) is 17.7 Å². The molecule has 194 valence electrons. The van der Waals surface area contributed by atoms with Crippen LogP contribution in [0.5, 0.6) is 0 Å². The van der Waals surface area contributed by atoms with Gasteiger partial charge in [0.2, 0.25) is 0 Å². The maximum Gasteiger partial charge on any atom is 0.270 e. The molecule has 36 heavy (non-hydrogen) atoms. The molecule has 0 atom stereocenters. The molecular formula is C25H30ClF2N5O3. The number of nitrogens with two attached hydrogens (primary N) is 1. The number of benzene rings is 1. The summed E-state index contributed by atoms with van der Waals surface area (Å²) in [5, 5.41) is 16.0. The Morgan fingerprint density at radius 2 is 1.78 bits per heavy atom. The van der Waals surface area contributed by atoms with E-state index in [1.165, 1.54) is 24.3 Å². The van der Waals surface area contributed by atoms with Gasteiger partial charge >= 0.3 is 0 Å². The number of hydrogen-bond donors (Lipinski definition) is 4. The summed E-state index contributed by atoms with van der Waals surface area (Å²) in [4.78, 5) is 29.9. The molecule has 11 heteroatoms. The fraction of sp³-hybridized carbons (Fsp3) is 0.480. The van der Waals surface area contributed by atoms with Crippen LogP contribution in [0.25, 0.3) is 0 Å². The van der Waals surface area contributed by atoms with Gasteiger partial charge in [-0.05, 0) is 74.0 Å². The lowest BCUT2D eigenvalue weighted by molar-refractivity contribution is -0.120. The van der Waals surface area contributed by atoms with Crippen molar-refractivity contribution in [1.82, 2.24) is 15.6 Å². The first-order valence-corrected chi connectivity index (χ1v) is 12.3. The number of fused-ring (bicyclic) bond motifs is 3. The van der Waals surface area contributed by atoms with Crippen molar-refractivity contribution in [3.63, 3.8) is 0 Å². The van der Waals surface area contributed by atoms with Gasteiger partial charge in [-0.25, -0.2) is 19.6 Å². The van der Waals surface area contributed by atoms with Gasteiger partial charge in [0.15, 0.2) is 5.82 Å². The monoisotopic (exact) mass is 521 g/mol. The summed E-state index contributed by atoms with van der Waals surface area (Å²) in [6.07, 6.45) is 6.73. The average molecular weight is 522 g/mol. The van der Waals surface area contributed by atoms with Crippen molar-refractivity contribution in [1.29, 1.82) is 0 Å². The molecule has 4 aliphatic rings. The van der Waals surface area contributed by atoms with Gasteiger partial charge < -0.3 is 15.7 Å². The van der Waals surface area contributed by atoms with Crippen molar-refractivity contribution in [3.05, 3.63) is 58.0 Å². The molecule has 8 nitrogen and oxygen atoms in total. The number of aliphatic imine (C=N–C) groups is 1. The second-order valence-corrected chi connectivity index (χ2v) is 10.4. The number of rotatable bonds is 7. The second-order valence-electron chi connectivity index (χ2n) is 10.0. The van der Waals surface area contributed by atoms with Crippen LogP contribution in [-0.2, 0) is 16.1 Å². The molecule has 0 unspecified atom stereocenters. The molecule has 0 saturated heterocycles. The van der Waals surface area contributed by atoms with Gasteiger partial charge in [-0.15, -0.1) is 0 Å². The summed E-state index contributed by atoms with van der Waals surface area (Å²) in [6.45, 7) is 1.77. The van der Waals surface area contributed by atoms with E-state index in [0.717, 1.165) is 50.5 Å². The van der Waals surface area contributed by atoms with Gasteiger partial charge in [-0.2, -0.15) is 0 Å². The Bertz CT molecular complexity index is 1140. The molecule has 1 aromatic rings. The van der Waals surface area contributed by atoms with Crippen molar-refractivity contribution in [2.75, 3.05) is 13.2 Å². The quantitative estimate of drug-likeness (QED) is 0.411. The highest BCUT2D eigenvalue weighted by atomic mass is 35.5. The molecule has 0 spiro atoms. The molecular weight excluding hydrogens is 492 g/mol. The number of nitrogens with zero attached hydrogens (tertiary/aromatic N) is 2. The second kappa shape index (κ2) is 10.3. The molecule has 1 heterocycles. The number of carbonyl (C=O) groups is 2. The lowest BCUT2D eigenvalue weighted by Crippen LogP contribution is -2.50. The highest BCUT2D eigenvalue weighted by molar-refractivity contribution is 6.44. The van der Waals surface area contributed by atoms with Crippen LogP contribution < -0.4 is 16.5 Å². The summed E-state index contributed by atoms with van der Waals surface area (Å²) in [5.41, 5.74) is 0.223. The van der Waals surface area contributed by atoms with E-state index >= 15 is 0 Å². The van der Waals surface area contributed by atoms with Gasteiger partial charge in [0.05, 0.1) is 5.02 Å². The predicted octanol–water partition coefficient (Wildman–Crippen LogP) is 3.22. The number of hydrogen-bond acceptors (Lipinski definition) is 6. The van der Waals surface area contributed by atoms with E-state index in [0.29, 0.717) is 12.1 Å². The Morgan fingerprint density at radius 1 is 1.14 bits per heavy atom. The minimum absolute atomic E-state index is 0.0159. The molecule has 0 radical (unpaired) electrons. The van der Waals surface area contributed by atoms with Crippen molar-refractivity contribution in [2.24, 2.45) is 21.7 Å². The zero-order valence-corrected chi connectivity index (χ0v) is 20.8. The number of allylic oxidation sites excluding steroid dienone is 1. The highest BCUT2D eigenvalue weighted by Gasteiger charge is 2.48. The molecule has 5 rings (SSSR count). The van der Waals surface area contributed by atoms with E-state index in [1.54, 1.807) is 0 Å². The van der Waals surface area contributed by atoms with Crippen molar-refractivity contribution in [2.45, 2.75) is 52.0 Å². The van der Waals surface area contributed by atoms with Crippen LogP contribution >= 0.6 is 11.6 Å². The van der Waals surface area contributed by atoms with E-state index in [4.69, 9.17) is 17.4 Å². The van der Waals surface area contributed by atoms with Crippen LogP contribution in [0.4, 0.5) is 8.78 Å². The van der Waals surface area contributed by atoms with Crippen LogP contribution in [0, 0.1) is 16.6 Å². The number of halogens is 3. The van der Waals surface area contributed by atoms with Crippen LogP contribution in [0.2, 0.25) is 5.02 Å². The SMILES string of the molecule is C/C(F)=C1/N=C(C(=O)NCc2ccc(F)c(Cl)c2)C=C(C(=O)NCC23CCC(CO)(CC2)CC3)N1N. The Hall–Kier alpha value is -2.82. The number of carbonyl (C=O) groups excluding carboxylic acids is 2. The van der Waals surface area contributed by atoms with Crippen LogP contribution in [0.15, 0.2) is 46.6 Å². The molecule has 2 amide bonds. The molecule has 2 bridgehead atoms. The maximum atomic E-state index is 14.2. The van der Waals surface area contributed by atoms with E-state index in [2.05, 4.69) is 15.6 Å². The topological polar surface area (TPSA) is 120 Å². The predicted molar refractivity (Wildman–Crippen MR) is 131 cm³/mol. The summed E-state index contributed by atoms with van der Waals surface area (Å²) in [7, 11) is 0. The molecule has 5 N–H and O–H groups in total. The number of aliphatic hydroxyl groups is 1. The summed E-state index contributed by atoms with van der Waals surface area (Å²) >= 11 is 5.78. The summed E-state index contributed by atoms with van der Waals surface area (Å²) < 4.78 is 27.6. The minimum atomic E-state index is -0.759. The van der Waals surface area contributed by atoms with Crippen LogP contribution in [-0.4, -0.2) is 40.8 Å². The molecule has 1 aliphatic heterocycles. The fourth-order valence-corrected chi connectivity index (χ4v) is 5.37. The number of aliphatic hydroxyl groups excluding tert-OH is 1. The lowest BCUT2D eigenvalue weighted by atomic mass is 9.54. The third-order valence-electron chi connectivity index (χ3n) is 7.71. The van der Waals surface area contributed by atoms with Gasteiger partial charge in [0.1, 0.15) is 23.1 Å². The average Bonchev–Trinajstić information content (AvgIpc) is 2.89. The molecule has 0 aromatic heterocycles. The van der Waals surface area contributed by atoms with Gasteiger partial charge in [-0.3, -0.25) is 14.6 Å². The third-order valence-corrected chi connectivity index (χ3v) is 8.00. The first-order valence-electron chi connectivity index (χ1n) is 11.9. The standard InChI is InChI=1S/C25H30ClF2N5O3/c1-15(27)21-32-19(22(35)30-12-16-2-3-18(28)17(26)10-16)11-20(33(21)29)23(36)31-13-24-4-7-25(14-34,8-5-24)9-6-24/h2-3,10-11,34H,4-9,12-14,29H2,1H3,(H,30,35)(H,31,36)/b21-15+. The summed E-state index contributed by atoms with van der Waals surface area (Å²) in [5.74, 6) is 3.10. The number of nitrogens with one attached hydrogen (secondary N) is 2. The van der Waals surface area contributed by atoms with Crippen molar-refractivity contribution >= 4 is 29.1 Å². The van der Waals surface area contributed by atoms with Crippen molar-refractivity contribution in [3.8, 4) is 0 Å². The van der Waals surface area contributed by atoms with E-state index in [1.807, 2.05) is 0 Å². The molecule has 1 aromatic carbocycles.